The zero-order chi connectivity index (χ0) is 14.2. The third-order valence-corrected chi connectivity index (χ3v) is 4.92. The van der Waals surface area contributed by atoms with Gasteiger partial charge >= 0.3 is 0 Å². The Kier molecular flexibility index (Phi) is 3.55. The van der Waals surface area contributed by atoms with Gasteiger partial charge in [-0.1, -0.05) is 0 Å². The molecule has 0 aliphatic heterocycles. The normalized spacial score (nSPS) is 11.6. The van der Waals surface area contributed by atoms with E-state index in [0.717, 1.165) is 28.3 Å². The van der Waals surface area contributed by atoms with E-state index in [1.165, 1.54) is 0 Å². The van der Waals surface area contributed by atoms with Crippen LogP contribution in [-0.2, 0) is 10.0 Å². The maximum Gasteiger partial charge on any atom is 0.266 e. The Labute approximate surface area is 113 Å². The highest BCUT2D eigenvalue weighted by molar-refractivity contribution is 7.93. The zero-order valence-electron chi connectivity index (χ0n) is 10.1. The molecule has 0 fully saturated rings. The van der Waals surface area contributed by atoms with Crippen molar-refractivity contribution in [3.63, 3.8) is 0 Å². The maximum atomic E-state index is 13.5. The lowest BCUT2D eigenvalue weighted by Crippen LogP contribution is -2.14. The van der Waals surface area contributed by atoms with Crippen LogP contribution in [0.25, 0.3) is 0 Å². The molecule has 0 aliphatic carbocycles. The Morgan fingerprint density at radius 3 is 2.47 bits per heavy atom. The summed E-state index contributed by atoms with van der Waals surface area (Å²) in [5, 5.41) is 0.152. The second kappa shape index (κ2) is 4.86. The van der Waals surface area contributed by atoms with Gasteiger partial charge < -0.3 is 0 Å². The van der Waals surface area contributed by atoms with E-state index in [4.69, 9.17) is 0 Å². The van der Waals surface area contributed by atoms with E-state index in [2.05, 4.69) is 9.71 Å². The smallest absolute Gasteiger partial charge is 0.255 e. The molecular formula is C11H10F2N2O2S2. The molecule has 0 aliphatic rings. The van der Waals surface area contributed by atoms with Gasteiger partial charge in [-0.3, -0.25) is 4.72 Å². The van der Waals surface area contributed by atoms with Gasteiger partial charge in [-0.15, -0.1) is 11.3 Å². The molecule has 1 heterocycles. The van der Waals surface area contributed by atoms with Crippen molar-refractivity contribution in [1.82, 2.24) is 4.98 Å². The number of aryl methyl sites for hydroxylation is 2. The molecule has 0 unspecified atom stereocenters. The summed E-state index contributed by atoms with van der Waals surface area (Å²) in [6, 6.07) is 2.28. The molecule has 102 valence electrons. The first-order chi connectivity index (χ1) is 8.79. The van der Waals surface area contributed by atoms with Crippen LogP contribution in [0.3, 0.4) is 0 Å². The fraction of sp³-hybridized carbons (Fsp3) is 0.182. The van der Waals surface area contributed by atoms with Gasteiger partial charge in [0, 0.05) is 10.9 Å². The predicted molar refractivity (Wildman–Crippen MR) is 68.8 cm³/mol. The first-order valence-corrected chi connectivity index (χ1v) is 7.51. The maximum absolute atomic E-state index is 13.5. The molecule has 0 amide bonds. The van der Waals surface area contributed by atoms with E-state index in [9.17, 15) is 17.2 Å². The monoisotopic (exact) mass is 304 g/mol. The molecule has 0 saturated heterocycles. The fourth-order valence-corrected chi connectivity index (χ4v) is 3.49. The number of aromatic nitrogens is 1. The lowest BCUT2D eigenvalue weighted by Gasteiger charge is -2.06. The minimum Gasteiger partial charge on any atom is -0.255 e. The summed E-state index contributed by atoms with van der Waals surface area (Å²) in [6.45, 7) is 3.53. The summed E-state index contributed by atoms with van der Waals surface area (Å²) >= 11 is 1.15. The Morgan fingerprint density at radius 2 is 1.95 bits per heavy atom. The second-order valence-corrected chi connectivity index (χ2v) is 6.69. The molecule has 2 aromatic rings. The number of thiazole rings is 1. The molecule has 1 aromatic heterocycles. The Hall–Kier alpha value is -1.54. The van der Waals surface area contributed by atoms with Crippen LogP contribution < -0.4 is 4.72 Å². The lowest BCUT2D eigenvalue weighted by molar-refractivity contribution is 0.551. The summed E-state index contributed by atoms with van der Waals surface area (Å²) in [4.78, 5) is 4.25. The molecule has 19 heavy (non-hydrogen) atoms. The third kappa shape index (κ3) is 2.90. The van der Waals surface area contributed by atoms with Crippen LogP contribution in [0.5, 0.6) is 0 Å². The SMILES string of the molecule is Cc1nc(NS(=O)(=O)c2ccc(F)cc2F)sc1C. The van der Waals surface area contributed by atoms with Crippen LogP contribution in [0.15, 0.2) is 23.1 Å². The van der Waals surface area contributed by atoms with Crippen molar-refractivity contribution in [2.24, 2.45) is 0 Å². The van der Waals surface area contributed by atoms with Gasteiger partial charge in [-0.2, -0.15) is 0 Å². The van der Waals surface area contributed by atoms with Crippen molar-refractivity contribution in [3.05, 3.63) is 40.4 Å². The van der Waals surface area contributed by atoms with E-state index in [0.29, 0.717) is 11.8 Å². The van der Waals surface area contributed by atoms with Gasteiger partial charge in [-0.05, 0) is 26.0 Å². The van der Waals surface area contributed by atoms with E-state index in [-0.39, 0.29) is 5.13 Å². The van der Waals surface area contributed by atoms with Crippen LogP contribution in [0, 0.1) is 25.5 Å². The number of hydrogen-bond acceptors (Lipinski definition) is 4. The number of nitrogens with one attached hydrogen (secondary N) is 1. The minimum absolute atomic E-state index is 0.152. The topological polar surface area (TPSA) is 59.1 Å². The summed E-state index contributed by atoms with van der Waals surface area (Å²) in [7, 11) is -4.11. The highest BCUT2D eigenvalue weighted by Gasteiger charge is 2.21. The number of halogens is 2. The van der Waals surface area contributed by atoms with Crippen molar-refractivity contribution in [3.8, 4) is 0 Å². The number of rotatable bonds is 3. The van der Waals surface area contributed by atoms with Crippen molar-refractivity contribution in [2.45, 2.75) is 18.7 Å². The lowest BCUT2D eigenvalue weighted by atomic mass is 10.3. The average molecular weight is 304 g/mol. The van der Waals surface area contributed by atoms with Crippen molar-refractivity contribution < 1.29 is 17.2 Å². The van der Waals surface area contributed by atoms with Crippen LogP contribution in [0.2, 0.25) is 0 Å². The highest BCUT2D eigenvalue weighted by Crippen LogP contribution is 2.25. The number of hydrogen-bond donors (Lipinski definition) is 1. The fourth-order valence-electron chi connectivity index (χ4n) is 1.38. The van der Waals surface area contributed by atoms with Crippen LogP contribution in [-0.4, -0.2) is 13.4 Å². The number of nitrogens with zero attached hydrogens (tertiary/aromatic N) is 1. The van der Waals surface area contributed by atoms with E-state index >= 15 is 0 Å². The molecule has 0 radical (unpaired) electrons. The van der Waals surface area contributed by atoms with Crippen LogP contribution in [0.4, 0.5) is 13.9 Å². The van der Waals surface area contributed by atoms with Crippen LogP contribution >= 0.6 is 11.3 Å². The highest BCUT2D eigenvalue weighted by atomic mass is 32.2. The Bertz CT molecular complexity index is 707. The molecule has 8 heteroatoms. The Morgan fingerprint density at radius 1 is 1.26 bits per heavy atom. The molecule has 1 N–H and O–H groups in total. The largest absolute Gasteiger partial charge is 0.266 e. The third-order valence-electron chi connectivity index (χ3n) is 2.43. The molecule has 4 nitrogen and oxygen atoms in total. The minimum atomic E-state index is -4.11. The van der Waals surface area contributed by atoms with E-state index in [1.54, 1.807) is 13.8 Å². The molecule has 0 atom stereocenters. The first kappa shape index (κ1) is 13.9. The van der Waals surface area contributed by atoms with Crippen molar-refractivity contribution in [1.29, 1.82) is 0 Å². The first-order valence-electron chi connectivity index (χ1n) is 5.21. The Balaban J connectivity index is 2.37. The summed E-state index contributed by atoms with van der Waals surface area (Å²) in [5.41, 5.74) is 0.697. The second-order valence-electron chi connectivity index (χ2n) is 3.84. The van der Waals surface area contributed by atoms with Crippen LogP contribution in [0.1, 0.15) is 10.6 Å². The van der Waals surface area contributed by atoms with E-state index in [1.807, 2.05) is 0 Å². The molecule has 2 rings (SSSR count). The molecular weight excluding hydrogens is 294 g/mol. The van der Waals surface area contributed by atoms with Gasteiger partial charge in [0.05, 0.1) is 5.69 Å². The quantitative estimate of drug-likeness (QED) is 0.948. The molecule has 1 aromatic carbocycles. The van der Waals surface area contributed by atoms with E-state index < -0.39 is 26.6 Å². The average Bonchev–Trinajstić information content (AvgIpc) is 2.56. The molecule has 0 spiro atoms. The predicted octanol–water partition coefficient (Wildman–Crippen LogP) is 2.84. The van der Waals surface area contributed by atoms with Gasteiger partial charge in [0.25, 0.3) is 10.0 Å². The van der Waals surface area contributed by atoms with Crippen molar-refractivity contribution >= 4 is 26.5 Å². The van der Waals surface area contributed by atoms with Gasteiger partial charge in [0.2, 0.25) is 0 Å². The summed E-state index contributed by atoms with van der Waals surface area (Å²) in [6.07, 6.45) is 0. The van der Waals surface area contributed by atoms with Gasteiger partial charge in [-0.25, -0.2) is 22.2 Å². The number of benzene rings is 1. The van der Waals surface area contributed by atoms with Gasteiger partial charge in [0.15, 0.2) is 5.13 Å². The molecule has 0 saturated carbocycles. The standard InChI is InChI=1S/C11H10F2N2O2S2/c1-6-7(2)18-11(14-6)15-19(16,17)10-4-3-8(12)5-9(10)13/h3-5H,1-2H3,(H,14,15). The van der Waals surface area contributed by atoms with Crippen molar-refractivity contribution in [2.75, 3.05) is 4.72 Å². The molecule has 0 bridgehead atoms. The summed E-state index contributed by atoms with van der Waals surface area (Å²) in [5.74, 6) is -1.98. The number of anilines is 1. The zero-order valence-corrected chi connectivity index (χ0v) is 11.7. The summed E-state index contributed by atoms with van der Waals surface area (Å²) < 4.78 is 52.3. The van der Waals surface area contributed by atoms with Gasteiger partial charge in [0.1, 0.15) is 16.5 Å². The number of sulfonamides is 1.